The average molecular weight is 225 g/mol. The van der Waals surface area contributed by atoms with Crippen LogP contribution in [0.5, 0.6) is 0 Å². The Kier molecular flexibility index (Phi) is 3.38. The second kappa shape index (κ2) is 4.25. The van der Waals surface area contributed by atoms with Crippen molar-refractivity contribution < 1.29 is 9.32 Å². The van der Waals surface area contributed by atoms with Crippen molar-refractivity contribution in [2.24, 2.45) is 5.73 Å². The van der Waals surface area contributed by atoms with E-state index in [1.807, 2.05) is 20.8 Å². The number of primary amides is 1. The summed E-state index contributed by atoms with van der Waals surface area (Å²) in [5, 5.41) is 3.91. The lowest BCUT2D eigenvalue weighted by atomic mass is 9.93. The summed E-state index contributed by atoms with van der Waals surface area (Å²) in [5.74, 6) is 0.314. The zero-order valence-electron chi connectivity index (χ0n) is 10.4. The van der Waals surface area contributed by atoms with Gasteiger partial charge in [-0.2, -0.15) is 0 Å². The fourth-order valence-corrected chi connectivity index (χ4v) is 1.44. The number of amides is 1. The fourth-order valence-electron chi connectivity index (χ4n) is 1.44. The lowest BCUT2D eigenvalue weighted by molar-refractivity contribution is -0.122. The molecule has 5 heteroatoms. The SMILES string of the molecule is CN(C)C(C(N)=O)c1cc(C(C)(C)C)on1. The highest BCUT2D eigenvalue weighted by Gasteiger charge is 2.27. The molecule has 1 rings (SSSR count). The molecule has 90 valence electrons. The number of nitrogens with zero attached hydrogens (tertiary/aromatic N) is 2. The van der Waals surface area contributed by atoms with Gasteiger partial charge in [0.05, 0.1) is 0 Å². The average Bonchev–Trinajstić information content (AvgIpc) is 2.50. The number of rotatable bonds is 3. The van der Waals surface area contributed by atoms with Crippen molar-refractivity contribution in [2.45, 2.75) is 32.2 Å². The largest absolute Gasteiger partial charge is 0.368 e. The number of likely N-dealkylation sites (N-methyl/N-ethyl adjacent to an activating group) is 1. The summed E-state index contributed by atoms with van der Waals surface area (Å²) in [6, 6.07) is 1.25. The van der Waals surface area contributed by atoms with Crippen LogP contribution >= 0.6 is 0 Å². The Bertz CT molecular complexity index is 377. The number of hydrogen-bond acceptors (Lipinski definition) is 4. The van der Waals surface area contributed by atoms with E-state index in [4.69, 9.17) is 10.3 Å². The first kappa shape index (κ1) is 12.7. The quantitative estimate of drug-likeness (QED) is 0.834. The van der Waals surface area contributed by atoms with Gasteiger partial charge in [0.25, 0.3) is 0 Å². The first-order valence-electron chi connectivity index (χ1n) is 5.16. The molecule has 0 saturated heterocycles. The zero-order chi connectivity index (χ0) is 12.5. The molecule has 1 amide bonds. The van der Waals surface area contributed by atoms with E-state index >= 15 is 0 Å². The van der Waals surface area contributed by atoms with Gasteiger partial charge in [-0.1, -0.05) is 25.9 Å². The second-order valence-corrected chi connectivity index (χ2v) is 5.13. The van der Waals surface area contributed by atoms with Crippen LogP contribution in [0.25, 0.3) is 0 Å². The maximum Gasteiger partial charge on any atom is 0.241 e. The minimum absolute atomic E-state index is 0.125. The van der Waals surface area contributed by atoms with Crippen LogP contribution in [0.15, 0.2) is 10.6 Å². The molecule has 1 heterocycles. The van der Waals surface area contributed by atoms with Crippen LogP contribution in [0, 0.1) is 0 Å². The van der Waals surface area contributed by atoms with Gasteiger partial charge in [-0.15, -0.1) is 0 Å². The summed E-state index contributed by atoms with van der Waals surface area (Å²) >= 11 is 0. The van der Waals surface area contributed by atoms with Gasteiger partial charge in [0.2, 0.25) is 5.91 Å². The predicted octanol–water partition coefficient (Wildman–Crippen LogP) is 1.06. The Morgan fingerprint density at radius 2 is 2.06 bits per heavy atom. The van der Waals surface area contributed by atoms with Gasteiger partial charge in [-0.3, -0.25) is 9.69 Å². The molecule has 1 unspecified atom stereocenters. The zero-order valence-corrected chi connectivity index (χ0v) is 10.4. The molecule has 5 nitrogen and oxygen atoms in total. The van der Waals surface area contributed by atoms with E-state index in [0.29, 0.717) is 5.69 Å². The molecule has 0 aliphatic heterocycles. The van der Waals surface area contributed by atoms with Gasteiger partial charge in [0.15, 0.2) is 0 Å². The van der Waals surface area contributed by atoms with E-state index in [-0.39, 0.29) is 5.41 Å². The molecular weight excluding hydrogens is 206 g/mol. The molecule has 2 N–H and O–H groups in total. The molecule has 1 atom stereocenters. The minimum atomic E-state index is -0.542. The first-order valence-corrected chi connectivity index (χ1v) is 5.16. The number of hydrogen-bond donors (Lipinski definition) is 1. The van der Waals surface area contributed by atoms with Crippen molar-refractivity contribution in [1.82, 2.24) is 10.1 Å². The molecule has 0 aromatic carbocycles. The Hall–Kier alpha value is -1.36. The maximum atomic E-state index is 11.3. The standard InChI is InChI=1S/C11H19N3O2/c1-11(2,3)8-6-7(13-16-8)9(10(12)15)14(4)5/h6,9H,1-5H3,(H2,12,15). The van der Waals surface area contributed by atoms with Crippen molar-refractivity contribution in [1.29, 1.82) is 0 Å². The summed E-state index contributed by atoms with van der Waals surface area (Å²) in [7, 11) is 3.56. The van der Waals surface area contributed by atoms with E-state index in [2.05, 4.69) is 5.16 Å². The topological polar surface area (TPSA) is 72.4 Å². The third-order valence-electron chi connectivity index (χ3n) is 2.33. The third-order valence-corrected chi connectivity index (χ3v) is 2.33. The monoisotopic (exact) mass is 225 g/mol. The van der Waals surface area contributed by atoms with E-state index in [9.17, 15) is 4.79 Å². The van der Waals surface area contributed by atoms with Crippen LogP contribution < -0.4 is 5.73 Å². The van der Waals surface area contributed by atoms with E-state index in [0.717, 1.165) is 5.76 Å². The number of carbonyl (C=O) groups is 1. The lowest BCUT2D eigenvalue weighted by Crippen LogP contribution is -2.33. The second-order valence-electron chi connectivity index (χ2n) is 5.13. The fraction of sp³-hybridized carbons (Fsp3) is 0.636. The van der Waals surface area contributed by atoms with Gasteiger partial charge in [0.1, 0.15) is 17.5 Å². The van der Waals surface area contributed by atoms with E-state index in [1.165, 1.54) is 0 Å². The van der Waals surface area contributed by atoms with Crippen molar-refractivity contribution in [2.75, 3.05) is 14.1 Å². The summed E-state index contributed by atoms with van der Waals surface area (Å²) < 4.78 is 5.23. The summed E-state index contributed by atoms with van der Waals surface area (Å²) in [5.41, 5.74) is 5.76. The highest BCUT2D eigenvalue weighted by molar-refractivity contribution is 5.80. The van der Waals surface area contributed by atoms with Gasteiger partial charge in [-0.05, 0) is 14.1 Å². The Labute approximate surface area is 95.6 Å². The van der Waals surface area contributed by atoms with Gasteiger partial charge in [0, 0.05) is 11.5 Å². The van der Waals surface area contributed by atoms with Crippen LogP contribution in [0.4, 0.5) is 0 Å². The highest BCUT2D eigenvalue weighted by Crippen LogP contribution is 2.26. The van der Waals surface area contributed by atoms with E-state index in [1.54, 1.807) is 25.1 Å². The van der Waals surface area contributed by atoms with Crippen molar-refractivity contribution >= 4 is 5.91 Å². The predicted molar refractivity (Wildman–Crippen MR) is 60.8 cm³/mol. The molecule has 16 heavy (non-hydrogen) atoms. The summed E-state index contributed by atoms with van der Waals surface area (Å²) in [6.45, 7) is 6.06. The number of aromatic nitrogens is 1. The molecule has 1 aromatic rings. The molecule has 1 aromatic heterocycles. The summed E-state index contributed by atoms with van der Waals surface area (Å²) in [4.78, 5) is 13.0. The maximum absolute atomic E-state index is 11.3. The number of nitrogens with two attached hydrogens (primary N) is 1. The Morgan fingerprint density at radius 3 is 2.38 bits per heavy atom. The van der Waals surface area contributed by atoms with Crippen molar-refractivity contribution in [3.63, 3.8) is 0 Å². The van der Waals surface area contributed by atoms with Crippen molar-refractivity contribution in [3.05, 3.63) is 17.5 Å². The van der Waals surface area contributed by atoms with Crippen LogP contribution in [0.2, 0.25) is 0 Å². The van der Waals surface area contributed by atoms with E-state index < -0.39 is 11.9 Å². The molecular formula is C11H19N3O2. The van der Waals surface area contributed by atoms with Crippen LogP contribution in [-0.4, -0.2) is 30.1 Å². The molecule has 0 radical (unpaired) electrons. The summed E-state index contributed by atoms with van der Waals surface area (Å²) in [6.07, 6.45) is 0. The first-order chi connectivity index (χ1) is 7.23. The van der Waals surface area contributed by atoms with Crippen LogP contribution in [0.3, 0.4) is 0 Å². The molecule has 0 aliphatic rings. The Morgan fingerprint density at radius 1 is 1.50 bits per heavy atom. The van der Waals surface area contributed by atoms with Crippen molar-refractivity contribution in [3.8, 4) is 0 Å². The smallest absolute Gasteiger partial charge is 0.241 e. The van der Waals surface area contributed by atoms with Gasteiger partial charge >= 0.3 is 0 Å². The minimum Gasteiger partial charge on any atom is -0.368 e. The van der Waals surface area contributed by atoms with Gasteiger partial charge < -0.3 is 10.3 Å². The molecule has 0 fully saturated rings. The van der Waals surface area contributed by atoms with Gasteiger partial charge in [-0.25, -0.2) is 0 Å². The van der Waals surface area contributed by atoms with Crippen LogP contribution in [0.1, 0.15) is 38.3 Å². The van der Waals surface area contributed by atoms with Crippen LogP contribution in [-0.2, 0) is 10.2 Å². The third kappa shape index (κ3) is 2.61. The Balaban J connectivity index is 3.04. The number of carbonyl (C=O) groups excluding carboxylic acids is 1. The highest BCUT2D eigenvalue weighted by atomic mass is 16.5. The molecule has 0 aliphatic carbocycles. The molecule has 0 saturated carbocycles. The molecule has 0 bridgehead atoms. The normalized spacial score (nSPS) is 14.1. The molecule has 0 spiro atoms. The lowest BCUT2D eigenvalue weighted by Gasteiger charge is -2.18.